The van der Waals surface area contributed by atoms with E-state index in [9.17, 15) is 9.59 Å². The van der Waals surface area contributed by atoms with Crippen molar-refractivity contribution in [2.24, 2.45) is 0 Å². The molecule has 3 aromatic carbocycles. The Morgan fingerprint density at radius 1 is 1.00 bits per heavy atom. The molecule has 1 heterocycles. The van der Waals surface area contributed by atoms with E-state index in [1.807, 2.05) is 61.5 Å². The number of anilines is 2. The predicted octanol–water partition coefficient (Wildman–Crippen LogP) is 4.21. The van der Waals surface area contributed by atoms with Crippen LogP contribution in [0.5, 0.6) is 17.2 Å². The molecule has 0 spiro atoms. The van der Waals surface area contributed by atoms with Gasteiger partial charge < -0.3 is 24.4 Å². The van der Waals surface area contributed by atoms with Crippen LogP contribution in [-0.2, 0) is 9.59 Å². The van der Waals surface area contributed by atoms with Crippen molar-refractivity contribution in [3.8, 4) is 17.2 Å². The van der Waals surface area contributed by atoms with Gasteiger partial charge in [-0.05, 0) is 50.2 Å². The van der Waals surface area contributed by atoms with Crippen molar-refractivity contribution < 1.29 is 23.8 Å². The number of amides is 2. The largest absolute Gasteiger partial charge is 0.492 e. The van der Waals surface area contributed by atoms with Gasteiger partial charge in [0.2, 0.25) is 0 Å². The third-order valence-electron chi connectivity index (χ3n) is 5.17. The van der Waals surface area contributed by atoms with Crippen LogP contribution in [0.4, 0.5) is 11.4 Å². The quantitative estimate of drug-likeness (QED) is 0.561. The molecule has 0 radical (unpaired) electrons. The highest BCUT2D eigenvalue weighted by molar-refractivity contribution is 6.00. The van der Waals surface area contributed by atoms with Crippen molar-refractivity contribution in [1.82, 2.24) is 0 Å². The number of nitrogens with zero attached hydrogens (tertiary/aromatic N) is 1. The number of hydrogen-bond donors (Lipinski definition) is 1. The van der Waals surface area contributed by atoms with Gasteiger partial charge in [0.15, 0.2) is 12.7 Å². The lowest BCUT2D eigenvalue weighted by Gasteiger charge is -2.33. The summed E-state index contributed by atoms with van der Waals surface area (Å²) in [6.45, 7) is 4.30. The maximum Gasteiger partial charge on any atom is 0.267 e. The van der Waals surface area contributed by atoms with Gasteiger partial charge in [-0.1, -0.05) is 35.9 Å². The molecule has 0 aromatic heterocycles. The topological polar surface area (TPSA) is 77.1 Å². The second-order valence-electron chi connectivity index (χ2n) is 7.74. The zero-order valence-electron chi connectivity index (χ0n) is 18.6. The fraction of sp³-hybridized carbons (Fsp3) is 0.231. The van der Waals surface area contributed by atoms with E-state index in [2.05, 4.69) is 5.32 Å². The molecule has 7 heteroatoms. The molecule has 170 valence electrons. The number of para-hydroxylation sites is 1. The van der Waals surface area contributed by atoms with Crippen LogP contribution in [0.2, 0.25) is 0 Å². The third-order valence-corrected chi connectivity index (χ3v) is 5.17. The molecule has 0 bridgehead atoms. The summed E-state index contributed by atoms with van der Waals surface area (Å²) >= 11 is 0. The lowest BCUT2D eigenvalue weighted by Crippen LogP contribution is -2.46. The smallest absolute Gasteiger partial charge is 0.267 e. The van der Waals surface area contributed by atoms with Gasteiger partial charge in [-0.15, -0.1) is 0 Å². The zero-order valence-corrected chi connectivity index (χ0v) is 18.6. The molecule has 2 amide bonds. The molecule has 33 heavy (non-hydrogen) atoms. The Kier molecular flexibility index (Phi) is 6.78. The number of hydrogen-bond acceptors (Lipinski definition) is 5. The SMILES string of the molecule is Cc1ccc(OCC(=O)Nc2ccc3c(c2)OC(C)C(=O)N3CCOc2ccccc2)cc1. The second kappa shape index (κ2) is 10.1. The summed E-state index contributed by atoms with van der Waals surface area (Å²) in [5.41, 5.74) is 2.33. The second-order valence-corrected chi connectivity index (χ2v) is 7.74. The Hall–Kier alpha value is -4.00. The number of nitrogens with one attached hydrogen (secondary N) is 1. The monoisotopic (exact) mass is 446 g/mol. The van der Waals surface area contributed by atoms with Crippen LogP contribution in [0, 0.1) is 6.92 Å². The molecule has 0 fully saturated rings. The Labute approximate surface area is 192 Å². The first kappa shape index (κ1) is 22.2. The molecule has 1 unspecified atom stereocenters. The zero-order chi connectivity index (χ0) is 23.2. The first-order valence-electron chi connectivity index (χ1n) is 10.8. The van der Waals surface area contributed by atoms with Crippen LogP contribution < -0.4 is 24.4 Å². The van der Waals surface area contributed by atoms with Crippen molar-refractivity contribution in [3.05, 3.63) is 78.4 Å². The molecule has 3 aromatic rings. The highest BCUT2D eigenvalue weighted by Gasteiger charge is 2.31. The van der Waals surface area contributed by atoms with Gasteiger partial charge in [0, 0.05) is 11.8 Å². The van der Waals surface area contributed by atoms with E-state index in [4.69, 9.17) is 14.2 Å². The first-order chi connectivity index (χ1) is 16.0. The summed E-state index contributed by atoms with van der Waals surface area (Å²) in [5, 5.41) is 2.81. The number of aryl methyl sites for hydroxylation is 1. The van der Waals surface area contributed by atoms with Crippen LogP contribution in [-0.4, -0.2) is 37.7 Å². The Bertz CT molecular complexity index is 1120. The lowest BCUT2D eigenvalue weighted by atomic mass is 10.1. The van der Waals surface area contributed by atoms with Gasteiger partial charge in [-0.2, -0.15) is 0 Å². The van der Waals surface area contributed by atoms with E-state index < -0.39 is 6.10 Å². The normalized spacial score (nSPS) is 14.8. The number of carbonyl (C=O) groups is 2. The van der Waals surface area contributed by atoms with Crippen LogP contribution in [0.3, 0.4) is 0 Å². The highest BCUT2D eigenvalue weighted by atomic mass is 16.5. The van der Waals surface area contributed by atoms with Crippen molar-refractivity contribution in [3.63, 3.8) is 0 Å². The van der Waals surface area contributed by atoms with Crippen molar-refractivity contribution in [2.75, 3.05) is 30.0 Å². The molecule has 1 aliphatic heterocycles. The molecule has 0 saturated heterocycles. The Morgan fingerprint density at radius 3 is 2.48 bits per heavy atom. The molecular formula is C26H26N2O5. The lowest BCUT2D eigenvalue weighted by molar-refractivity contribution is -0.125. The van der Waals surface area contributed by atoms with Gasteiger partial charge in [0.1, 0.15) is 23.9 Å². The van der Waals surface area contributed by atoms with Gasteiger partial charge in [-0.25, -0.2) is 0 Å². The molecule has 4 rings (SSSR count). The summed E-state index contributed by atoms with van der Waals surface area (Å²) in [6.07, 6.45) is -0.634. The average molecular weight is 447 g/mol. The first-order valence-corrected chi connectivity index (χ1v) is 10.8. The molecular weight excluding hydrogens is 420 g/mol. The van der Waals surface area contributed by atoms with E-state index >= 15 is 0 Å². The molecule has 0 aliphatic carbocycles. The van der Waals surface area contributed by atoms with Crippen LogP contribution >= 0.6 is 0 Å². The number of benzene rings is 3. The Morgan fingerprint density at radius 2 is 1.73 bits per heavy atom. The molecule has 0 saturated carbocycles. The molecule has 1 N–H and O–H groups in total. The summed E-state index contributed by atoms with van der Waals surface area (Å²) in [5.74, 6) is 1.48. The van der Waals surface area contributed by atoms with Gasteiger partial charge in [0.25, 0.3) is 11.8 Å². The summed E-state index contributed by atoms with van der Waals surface area (Å²) in [7, 11) is 0. The number of rotatable bonds is 8. The summed E-state index contributed by atoms with van der Waals surface area (Å²) in [6, 6.07) is 22.2. The molecule has 7 nitrogen and oxygen atoms in total. The van der Waals surface area contributed by atoms with Crippen molar-refractivity contribution in [1.29, 1.82) is 0 Å². The van der Waals surface area contributed by atoms with E-state index in [0.717, 1.165) is 11.3 Å². The standard InChI is InChI=1S/C26H26N2O5/c1-18-8-11-22(12-9-18)32-17-25(29)27-20-10-13-23-24(16-20)33-19(2)26(30)28(23)14-15-31-21-6-4-3-5-7-21/h3-13,16,19H,14-15,17H2,1-2H3,(H,27,29). The fourth-order valence-corrected chi connectivity index (χ4v) is 3.47. The molecule has 1 atom stereocenters. The summed E-state index contributed by atoms with van der Waals surface area (Å²) < 4.78 is 17.1. The van der Waals surface area contributed by atoms with Gasteiger partial charge >= 0.3 is 0 Å². The minimum Gasteiger partial charge on any atom is -0.492 e. The van der Waals surface area contributed by atoms with E-state index in [0.29, 0.717) is 36.0 Å². The fourth-order valence-electron chi connectivity index (χ4n) is 3.47. The predicted molar refractivity (Wildman–Crippen MR) is 126 cm³/mol. The van der Waals surface area contributed by atoms with E-state index in [1.54, 1.807) is 30.0 Å². The third kappa shape index (κ3) is 5.63. The van der Waals surface area contributed by atoms with Crippen LogP contribution in [0.1, 0.15) is 12.5 Å². The number of carbonyl (C=O) groups excluding carboxylic acids is 2. The van der Waals surface area contributed by atoms with E-state index in [1.165, 1.54) is 0 Å². The number of ether oxygens (including phenoxy) is 3. The van der Waals surface area contributed by atoms with E-state index in [-0.39, 0.29) is 18.4 Å². The average Bonchev–Trinajstić information content (AvgIpc) is 2.82. The maximum absolute atomic E-state index is 12.7. The highest BCUT2D eigenvalue weighted by Crippen LogP contribution is 2.36. The van der Waals surface area contributed by atoms with Gasteiger partial charge in [-0.3, -0.25) is 9.59 Å². The maximum atomic E-state index is 12.7. The minimum atomic E-state index is -0.634. The minimum absolute atomic E-state index is 0.112. The summed E-state index contributed by atoms with van der Waals surface area (Å²) in [4.78, 5) is 26.7. The van der Waals surface area contributed by atoms with Crippen LogP contribution in [0.25, 0.3) is 0 Å². The van der Waals surface area contributed by atoms with Crippen molar-refractivity contribution >= 4 is 23.2 Å². The van der Waals surface area contributed by atoms with Crippen LogP contribution in [0.15, 0.2) is 72.8 Å². The Balaban J connectivity index is 1.38. The van der Waals surface area contributed by atoms with Gasteiger partial charge in [0.05, 0.1) is 12.2 Å². The molecule has 1 aliphatic rings. The number of fused-ring (bicyclic) bond motifs is 1. The van der Waals surface area contributed by atoms with Crippen molar-refractivity contribution in [2.45, 2.75) is 20.0 Å².